The summed E-state index contributed by atoms with van der Waals surface area (Å²) >= 11 is 0. The first-order valence-electron chi connectivity index (χ1n) is 24.4. The van der Waals surface area contributed by atoms with Crippen molar-refractivity contribution in [1.29, 1.82) is 0 Å². The van der Waals surface area contributed by atoms with Gasteiger partial charge in [0.1, 0.15) is 24.6 Å². The average Bonchev–Trinajstić information content (AvgIpc) is 3.96. The van der Waals surface area contributed by atoms with Gasteiger partial charge in [0.05, 0.1) is 36.5 Å². The van der Waals surface area contributed by atoms with Crippen molar-refractivity contribution in [3.63, 3.8) is 0 Å². The number of anilines is 4. The number of fused-ring (bicyclic) bond motifs is 2. The molecule has 17 heteroatoms. The molecule has 2 fully saturated rings. The van der Waals surface area contributed by atoms with E-state index in [1.54, 1.807) is 57.6 Å². The number of piperidine rings is 1. The Morgan fingerprint density at radius 3 is 2.21 bits per heavy atom. The van der Waals surface area contributed by atoms with Crippen LogP contribution in [0.3, 0.4) is 0 Å². The molecule has 5 amide bonds. The molecule has 9 rings (SSSR count). The highest BCUT2D eigenvalue weighted by Gasteiger charge is 2.47. The van der Waals surface area contributed by atoms with Crippen molar-refractivity contribution in [3.05, 3.63) is 156 Å². The van der Waals surface area contributed by atoms with Gasteiger partial charge < -0.3 is 53.7 Å². The van der Waals surface area contributed by atoms with E-state index in [1.807, 2.05) is 86.0 Å². The summed E-state index contributed by atoms with van der Waals surface area (Å²) in [4.78, 5) is 71.5. The molecule has 73 heavy (non-hydrogen) atoms. The summed E-state index contributed by atoms with van der Waals surface area (Å²) < 4.78 is 33.8. The lowest BCUT2D eigenvalue weighted by atomic mass is 10.00. The van der Waals surface area contributed by atoms with Crippen LogP contribution in [-0.2, 0) is 46.1 Å². The normalized spacial score (nSPS) is 17.4. The minimum Gasteiger partial charge on any atom is -0.493 e. The largest absolute Gasteiger partial charge is 0.493 e. The number of aryl methyl sites for hydroxylation is 2. The molecule has 6 aromatic rings. The number of benzene rings is 4. The van der Waals surface area contributed by atoms with Gasteiger partial charge in [0, 0.05) is 62.6 Å². The van der Waals surface area contributed by atoms with E-state index in [0.717, 1.165) is 47.9 Å². The molecule has 0 saturated carbocycles. The average molecular weight is 990 g/mol. The zero-order chi connectivity index (χ0) is 51.0. The number of aromatic nitrogens is 2. The number of amides is 5. The lowest BCUT2D eigenvalue weighted by molar-refractivity contribution is -0.198. The highest BCUT2D eigenvalue weighted by molar-refractivity contribution is 6.07. The molecular formula is C56H59N7O10. The first-order chi connectivity index (χ1) is 35.5. The molecule has 3 atom stereocenters. The van der Waals surface area contributed by atoms with Crippen molar-refractivity contribution in [1.82, 2.24) is 14.0 Å². The molecule has 3 aliphatic heterocycles. The maximum Gasteiger partial charge on any atom is 0.416 e. The number of para-hydroxylation sites is 1. The molecule has 378 valence electrons. The number of methoxy groups -OCH3 is 1. The van der Waals surface area contributed by atoms with E-state index in [1.165, 1.54) is 18.1 Å². The van der Waals surface area contributed by atoms with Crippen molar-refractivity contribution in [2.75, 3.05) is 47.7 Å². The van der Waals surface area contributed by atoms with E-state index in [2.05, 4.69) is 22.5 Å². The van der Waals surface area contributed by atoms with Crippen LogP contribution >= 0.6 is 0 Å². The van der Waals surface area contributed by atoms with E-state index in [0.29, 0.717) is 60.2 Å². The van der Waals surface area contributed by atoms with Crippen molar-refractivity contribution in [3.8, 4) is 22.6 Å². The van der Waals surface area contributed by atoms with Gasteiger partial charge in [-0.05, 0) is 97.7 Å². The van der Waals surface area contributed by atoms with Crippen molar-refractivity contribution in [2.24, 2.45) is 14.1 Å². The summed E-state index contributed by atoms with van der Waals surface area (Å²) in [5.41, 5.74) is 6.27. The fourth-order valence-electron chi connectivity index (χ4n) is 9.54. The molecule has 3 N–H and O–H groups in total. The van der Waals surface area contributed by atoms with E-state index < -0.39 is 24.7 Å². The fraction of sp³-hybridized carbons (Fsp3) is 0.304. The van der Waals surface area contributed by atoms with Crippen LogP contribution in [0.4, 0.5) is 27.5 Å². The van der Waals surface area contributed by atoms with Gasteiger partial charge in [-0.3, -0.25) is 19.2 Å². The van der Waals surface area contributed by atoms with Crippen molar-refractivity contribution < 1.29 is 47.7 Å². The third-order valence-electron chi connectivity index (χ3n) is 13.1. The van der Waals surface area contributed by atoms with Gasteiger partial charge in [-0.25, -0.2) is 9.69 Å². The number of nitrogens with zero attached hydrogens (tertiary/aromatic N) is 4. The second-order valence-corrected chi connectivity index (χ2v) is 18.3. The van der Waals surface area contributed by atoms with Gasteiger partial charge in [0.25, 0.3) is 17.7 Å². The SMILES string of the molecule is C=CCOC(=O)N1c2cc(OCc3cccc(CC(=O)Nc4cc(C(=O)Nc5ccc(-c6cc(C(=O)Nc7ccccc7)n(C)c6)cc5)n(C)c4)c3)c(OC)cc2C(=O)N2CCCC[C@H]2C1OC1CCCCO1. The molecule has 2 aromatic heterocycles. The smallest absolute Gasteiger partial charge is 0.416 e. The molecule has 4 aromatic carbocycles. The van der Waals surface area contributed by atoms with E-state index in [4.69, 9.17) is 23.7 Å². The molecule has 5 heterocycles. The first-order valence-corrected chi connectivity index (χ1v) is 24.4. The van der Waals surface area contributed by atoms with Crippen LogP contribution in [0.25, 0.3) is 11.1 Å². The van der Waals surface area contributed by atoms with Crippen molar-refractivity contribution >= 4 is 52.5 Å². The molecule has 0 aliphatic carbocycles. The Morgan fingerprint density at radius 1 is 0.740 bits per heavy atom. The summed E-state index contributed by atoms with van der Waals surface area (Å²) in [5.74, 6) is -0.555. The first kappa shape index (κ1) is 49.8. The number of carbonyl (C=O) groups excluding carboxylic acids is 5. The summed E-state index contributed by atoms with van der Waals surface area (Å²) in [6, 6.07) is 30.2. The third-order valence-corrected chi connectivity index (χ3v) is 13.1. The predicted octanol–water partition coefficient (Wildman–Crippen LogP) is 9.31. The molecular weight excluding hydrogens is 931 g/mol. The Bertz CT molecular complexity index is 3000. The molecule has 0 spiro atoms. The van der Waals surface area contributed by atoms with Crippen LogP contribution in [0.15, 0.2) is 128 Å². The molecule has 2 saturated heterocycles. The summed E-state index contributed by atoms with van der Waals surface area (Å²) in [5, 5.41) is 8.76. The van der Waals surface area contributed by atoms with Crippen LogP contribution in [0.5, 0.6) is 11.5 Å². The lowest BCUT2D eigenvalue weighted by Gasteiger charge is -2.42. The second-order valence-electron chi connectivity index (χ2n) is 18.3. The van der Waals surface area contributed by atoms with E-state index >= 15 is 0 Å². The minimum absolute atomic E-state index is 0.0348. The summed E-state index contributed by atoms with van der Waals surface area (Å²) in [6.07, 6.45) is 7.67. The monoisotopic (exact) mass is 989 g/mol. The minimum atomic E-state index is -0.904. The Balaban J connectivity index is 0.844. The molecule has 0 radical (unpaired) electrons. The fourth-order valence-corrected chi connectivity index (χ4v) is 9.54. The second kappa shape index (κ2) is 22.5. The van der Waals surface area contributed by atoms with Crippen LogP contribution in [0.1, 0.15) is 81.0 Å². The van der Waals surface area contributed by atoms with E-state index in [-0.39, 0.29) is 60.3 Å². The van der Waals surface area contributed by atoms with Gasteiger partial charge in [0.2, 0.25) is 5.91 Å². The number of hydrogen-bond donors (Lipinski definition) is 3. The number of ether oxygens (including phenoxy) is 5. The maximum absolute atomic E-state index is 14.4. The van der Waals surface area contributed by atoms with Crippen LogP contribution in [0.2, 0.25) is 0 Å². The van der Waals surface area contributed by atoms with Crippen molar-refractivity contribution in [2.45, 2.75) is 70.1 Å². The Morgan fingerprint density at radius 2 is 1.47 bits per heavy atom. The Hall–Kier alpha value is -8.15. The number of carbonyl (C=O) groups is 5. The zero-order valence-corrected chi connectivity index (χ0v) is 41.1. The number of nitrogens with one attached hydrogen (secondary N) is 3. The van der Waals surface area contributed by atoms with Crippen LogP contribution < -0.4 is 30.3 Å². The quantitative estimate of drug-likeness (QED) is 0.0790. The maximum atomic E-state index is 14.4. The summed E-state index contributed by atoms with van der Waals surface area (Å²) in [7, 11) is 5.03. The Labute approximate surface area is 423 Å². The Kier molecular flexibility index (Phi) is 15.4. The van der Waals surface area contributed by atoms with Crippen LogP contribution in [-0.4, -0.2) is 89.2 Å². The zero-order valence-electron chi connectivity index (χ0n) is 41.1. The number of hydrogen-bond acceptors (Lipinski definition) is 10. The van der Waals surface area contributed by atoms with Gasteiger partial charge in [0.15, 0.2) is 24.0 Å². The van der Waals surface area contributed by atoms with Gasteiger partial charge >= 0.3 is 6.09 Å². The highest BCUT2D eigenvalue weighted by Crippen LogP contribution is 2.43. The topological polar surface area (TPSA) is 184 Å². The molecule has 0 bridgehead atoms. The third kappa shape index (κ3) is 11.5. The molecule has 2 unspecified atom stereocenters. The van der Waals surface area contributed by atoms with Crippen LogP contribution in [0, 0.1) is 0 Å². The van der Waals surface area contributed by atoms with Gasteiger partial charge in [-0.15, -0.1) is 0 Å². The number of rotatable bonds is 16. The molecule has 3 aliphatic rings. The summed E-state index contributed by atoms with van der Waals surface area (Å²) in [6.45, 7) is 4.76. The van der Waals surface area contributed by atoms with E-state index in [9.17, 15) is 24.0 Å². The lowest BCUT2D eigenvalue weighted by Crippen LogP contribution is -2.57. The highest BCUT2D eigenvalue weighted by atomic mass is 16.7. The standard InChI is InChI=1S/C56H59N7O10/c1-5-25-71-56(68)63-45-32-49(48(69-4)31-43(45)54(67)62-24-11-9-18-44(62)55(63)73-51-19-10-12-26-70-51)72-35-37-15-13-14-36(27-37)28-50(64)57-42-30-47(61(3)34-42)53(66)59-41-22-20-38(21-23-41)39-29-46(60(2)33-39)52(65)58-40-16-7-6-8-17-40/h5-8,13-17,20-23,27,29-34,44,51,55H,1,9-12,18-19,24-26,28,35H2,2-4H3,(H,57,64)(H,58,65)(H,59,66)/t44-,51?,55?/m0/s1. The van der Waals surface area contributed by atoms with Gasteiger partial charge in [-0.1, -0.05) is 67.3 Å². The van der Waals surface area contributed by atoms with Gasteiger partial charge in [-0.2, -0.15) is 0 Å². The predicted molar refractivity (Wildman–Crippen MR) is 276 cm³/mol. The molecule has 17 nitrogen and oxygen atoms in total.